The molecule has 6 nitrogen and oxygen atoms in total. The average molecular weight is 755 g/mol. The first kappa shape index (κ1) is 33.1. The van der Waals surface area contributed by atoms with Crippen molar-refractivity contribution in [2.45, 2.75) is 0 Å². The summed E-state index contributed by atoms with van der Waals surface area (Å²) in [6, 6.07) is 70.4. The van der Waals surface area contributed by atoms with Gasteiger partial charge in [-0.1, -0.05) is 146 Å². The second kappa shape index (κ2) is 13.3. The summed E-state index contributed by atoms with van der Waals surface area (Å²) in [6.45, 7) is 0. The maximum absolute atomic E-state index is 5.22. The molecule has 0 bridgehead atoms. The van der Waals surface area contributed by atoms with Gasteiger partial charge in [-0.25, -0.2) is 4.98 Å². The minimum absolute atomic E-state index is 0.564. The van der Waals surface area contributed by atoms with Gasteiger partial charge in [-0.2, -0.15) is 9.97 Å². The largest absolute Gasteiger partial charge is 0.316 e. The van der Waals surface area contributed by atoms with E-state index in [1.165, 1.54) is 27.2 Å². The minimum atomic E-state index is 0.564. The molecule has 12 rings (SSSR count). The zero-order valence-electron chi connectivity index (χ0n) is 31.8. The van der Waals surface area contributed by atoms with Crippen LogP contribution in [0, 0.1) is 0 Å². The van der Waals surface area contributed by atoms with E-state index in [2.05, 4.69) is 184 Å². The lowest BCUT2D eigenvalue weighted by molar-refractivity contribution is 0.953. The number of hydrogen-bond acceptors (Lipinski definition) is 3. The number of fused-ring (bicyclic) bond motifs is 8. The lowest BCUT2D eigenvalue weighted by atomic mass is 10.0. The summed E-state index contributed by atoms with van der Waals surface area (Å²) in [4.78, 5) is 15.5. The van der Waals surface area contributed by atoms with Gasteiger partial charge in [0.15, 0.2) is 11.6 Å². The first-order chi connectivity index (χ1) is 29.3. The van der Waals surface area contributed by atoms with Crippen molar-refractivity contribution in [1.82, 2.24) is 28.7 Å². The highest BCUT2D eigenvalue weighted by atomic mass is 15.2. The third kappa shape index (κ3) is 5.24. The molecule has 0 saturated heterocycles. The first-order valence-electron chi connectivity index (χ1n) is 19.9. The summed E-state index contributed by atoms with van der Waals surface area (Å²) in [5.41, 5.74) is 11.9. The molecule has 4 heterocycles. The molecule has 0 radical (unpaired) electrons. The molecule has 59 heavy (non-hydrogen) atoms. The molecule has 0 aliphatic carbocycles. The van der Waals surface area contributed by atoms with Gasteiger partial charge in [0.25, 0.3) is 0 Å². The van der Waals surface area contributed by atoms with Gasteiger partial charge in [0, 0.05) is 49.9 Å². The van der Waals surface area contributed by atoms with Crippen LogP contribution in [0.4, 0.5) is 0 Å². The van der Waals surface area contributed by atoms with Crippen molar-refractivity contribution in [2.75, 3.05) is 0 Å². The standard InChI is InChI=1S/C53H34N6/c1-5-16-35(17-6-1)38-28-30-46-43(34-38)49-47(57-33-32-42-44(57)31-29-41-40-24-13-14-25-45(40)58(50(41)42)39-22-11-4-12-23-39)26-15-27-48(49)59(46)53-55-51(36-18-7-2-8-19-36)54-52(56-53)37-20-9-3-10-21-37/h1-34H. The van der Waals surface area contributed by atoms with Crippen molar-refractivity contribution in [3.05, 3.63) is 206 Å². The Labute approximate surface area is 339 Å². The fourth-order valence-corrected chi connectivity index (χ4v) is 8.91. The molecule has 0 amide bonds. The smallest absolute Gasteiger partial charge is 0.238 e. The van der Waals surface area contributed by atoms with E-state index in [1.807, 2.05) is 36.4 Å². The highest BCUT2D eigenvalue weighted by Gasteiger charge is 2.22. The second-order valence-corrected chi connectivity index (χ2v) is 14.9. The highest BCUT2D eigenvalue weighted by molar-refractivity contribution is 6.19. The van der Waals surface area contributed by atoms with Crippen molar-refractivity contribution >= 4 is 54.5 Å². The van der Waals surface area contributed by atoms with Gasteiger partial charge in [0.05, 0.1) is 33.3 Å². The Morgan fingerprint density at radius 2 is 0.932 bits per heavy atom. The lowest BCUT2D eigenvalue weighted by Crippen LogP contribution is -2.06. The van der Waals surface area contributed by atoms with Gasteiger partial charge in [0.2, 0.25) is 5.95 Å². The number of rotatable bonds is 6. The number of aromatic nitrogens is 6. The van der Waals surface area contributed by atoms with E-state index in [4.69, 9.17) is 15.0 Å². The zero-order chi connectivity index (χ0) is 38.9. The van der Waals surface area contributed by atoms with Crippen LogP contribution in [0.1, 0.15) is 0 Å². The number of para-hydroxylation sites is 2. The van der Waals surface area contributed by atoms with E-state index >= 15 is 0 Å². The predicted octanol–water partition coefficient (Wildman–Crippen LogP) is 13.0. The van der Waals surface area contributed by atoms with Crippen molar-refractivity contribution in [3.63, 3.8) is 0 Å². The molecule has 12 aromatic rings. The molecule has 0 unspecified atom stereocenters. The SMILES string of the molecule is c1ccc(-c2ccc3c(c2)c2c(-n4ccc5c4ccc4c6ccccc6n(-c6ccccc6)c45)cccc2n3-c2nc(-c3ccccc3)nc(-c3ccccc3)n2)cc1. The van der Waals surface area contributed by atoms with Crippen LogP contribution in [-0.2, 0) is 0 Å². The Hall–Kier alpha value is -8.09. The third-order valence-corrected chi connectivity index (χ3v) is 11.5. The Morgan fingerprint density at radius 3 is 1.64 bits per heavy atom. The fourth-order valence-electron chi connectivity index (χ4n) is 8.91. The maximum atomic E-state index is 5.22. The van der Waals surface area contributed by atoms with Crippen LogP contribution in [0.25, 0.3) is 106 Å². The third-order valence-electron chi connectivity index (χ3n) is 11.5. The Kier molecular flexibility index (Phi) is 7.43. The molecule has 6 heteroatoms. The van der Waals surface area contributed by atoms with Gasteiger partial charge in [0.1, 0.15) is 0 Å². The minimum Gasteiger partial charge on any atom is -0.316 e. The van der Waals surface area contributed by atoms with Gasteiger partial charge in [-0.15, -0.1) is 0 Å². The average Bonchev–Trinajstić information content (AvgIpc) is 4.00. The summed E-state index contributed by atoms with van der Waals surface area (Å²) in [6.07, 6.45) is 2.22. The Bertz CT molecular complexity index is 3470. The monoisotopic (exact) mass is 754 g/mol. The summed E-state index contributed by atoms with van der Waals surface area (Å²) < 4.78 is 6.97. The van der Waals surface area contributed by atoms with E-state index < -0.39 is 0 Å². The second-order valence-electron chi connectivity index (χ2n) is 14.9. The first-order valence-corrected chi connectivity index (χ1v) is 19.9. The maximum Gasteiger partial charge on any atom is 0.238 e. The van der Waals surface area contributed by atoms with Crippen LogP contribution in [0.3, 0.4) is 0 Å². The summed E-state index contributed by atoms with van der Waals surface area (Å²) in [7, 11) is 0. The summed E-state index contributed by atoms with van der Waals surface area (Å²) in [5.74, 6) is 1.81. The lowest BCUT2D eigenvalue weighted by Gasteiger charge is -2.12. The Balaban J connectivity index is 1.16. The van der Waals surface area contributed by atoms with Gasteiger partial charge >= 0.3 is 0 Å². The van der Waals surface area contributed by atoms with Crippen LogP contribution in [0.5, 0.6) is 0 Å². The molecule has 0 N–H and O–H groups in total. The molecule has 0 atom stereocenters. The molecule has 8 aromatic carbocycles. The van der Waals surface area contributed by atoms with Crippen LogP contribution in [0.15, 0.2) is 206 Å². The van der Waals surface area contributed by atoms with Crippen LogP contribution >= 0.6 is 0 Å². The molecular formula is C53H34N6. The normalized spacial score (nSPS) is 11.7. The van der Waals surface area contributed by atoms with Crippen molar-refractivity contribution in [3.8, 4) is 51.2 Å². The van der Waals surface area contributed by atoms with Crippen LogP contribution < -0.4 is 0 Å². The van der Waals surface area contributed by atoms with Crippen molar-refractivity contribution < 1.29 is 0 Å². The van der Waals surface area contributed by atoms with Gasteiger partial charge < -0.3 is 9.13 Å². The fraction of sp³-hybridized carbons (Fsp3) is 0. The van der Waals surface area contributed by atoms with E-state index in [0.29, 0.717) is 17.6 Å². The van der Waals surface area contributed by atoms with Crippen LogP contribution in [-0.4, -0.2) is 28.7 Å². The van der Waals surface area contributed by atoms with Crippen molar-refractivity contribution in [2.24, 2.45) is 0 Å². The molecule has 276 valence electrons. The topological polar surface area (TPSA) is 53.5 Å². The molecule has 0 spiro atoms. The Morgan fingerprint density at radius 1 is 0.339 bits per heavy atom. The van der Waals surface area contributed by atoms with Gasteiger partial charge in [-0.3, -0.25) is 4.57 Å². The van der Waals surface area contributed by atoms with Crippen LogP contribution in [0.2, 0.25) is 0 Å². The zero-order valence-corrected chi connectivity index (χ0v) is 31.8. The molecule has 0 aliphatic heterocycles. The molecule has 0 aliphatic rings. The van der Waals surface area contributed by atoms with Gasteiger partial charge in [-0.05, 0) is 65.7 Å². The summed E-state index contributed by atoms with van der Waals surface area (Å²) >= 11 is 0. The van der Waals surface area contributed by atoms with E-state index in [0.717, 1.165) is 61.0 Å². The molecule has 0 fully saturated rings. The molecule has 0 saturated carbocycles. The number of hydrogen-bond donors (Lipinski definition) is 0. The van der Waals surface area contributed by atoms with E-state index in [1.54, 1.807) is 0 Å². The molecule has 4 aromatic heterocycles. The van der Waals surface area contributed by atoms with E-state index in [-0.39, 0.29) is 0 Å². The predicted molar refractivity (Wildman–Crippen MR) is 242 cm³/mol. The molecular weight excluding hydrogens is 721 g/mol. The van der Waals surface area contributed by atoms with Crippen molar-refractivity contribution in [1.29, 1.82) is 0 Å². The quantitative estimate of drug-likeness (QED) is 0.170. The number of benzene rings is 8. The highest BCUT2D eigenvalue weighted by Crippen LogP contribution is 2.41. The summed E-state index contributed by atoms with van der Waals surface area (Å²) in [5, 5.41) is 5.88. The van der Waals surface area contributed by atoms with E-state index in [9.17, 15) is 0 Å². The number of nitrogens with zero attached hydrogens (tertiary/aromatic N) is 6.